The maximum absolute atomic E-state index is 12.8. The summed E-state index contributed by atoms with van der Waals surface area (Å²) in [5.74, 6) is 0.196. The zero-order chi connectivity index (χ0) is 23.4. The minimum atomic E-state index is -3.59. The summed E-state index contributed by atoms with van der Waals surface area (Å²) in [5, 5.41) is 15.5. The molecule has 1 aromatic heterocycles. The Morgan fingerprint density at radius 3 is 2.55 bits per heavy atom. The molecule has 1 saturated heterocycles. The highest BCUT2D eigenvalue weighted by Gasteiger charge is 2.26. The van der Waals surface area contributed by atoms with E-state index >= 15 is 0 Å². The zero-order valence-electron chi connectivity index (χ0n) is 18.3. The largest absolute Gasteiger partial charge is 0.392 e. The molecule has 1 aliphatic rings. The van der Waals surface area contributed by atoms with Crippen LogP contribution in [0.5, 0.6) is 0 Å². The van der Waals surface area contributed by atoms with Crippen molar-refractivity contribution < 1.29 is 23.1 Å². The lowest BCUT2D eigenvalue weighted by Crippen LogP contribution is -2.40. The Bertz CT molecular complexity index is 1220. The van der Waals surface area contributed by atoms with E-state index in [1.54, 1.807) is 23.6 Å². The first-order valence-corrected chi connectivity index (χ1v) is 12.1. The van der Waals surface area contributed by atoms with Crippen molar-refractivity contribution in [1.82, 2.24) is 13.9 Å². The molecule has 176 valence electrons. The van der Waals surface area contributed by atoms with Crippen LogP contribution in [-0.4, -0.2) is 72.2 Å². The number of aliphatic hydroxyl groups is 1. The van der Waals surface area contributed by atoms with Crippen molar-refractivity contribution in [1.29, 1.82) is 0 Å². The SMILES string of the molecule is CC(O)CNc1nc2ccccc2n1CC(=O)Nc1ccc(S(=O)(=O)N2CCOCC2)cc1. The molecule has 1 aliphatic heterocycles. The number of carbonyl (C=O) groups is 1. The Hall–Kier alpha value is -2.99. The van der Waals surface area contributed by atoms with Gasteiger partial charge in [-0.25, -0.2) is 13.4 Å². The van der Waals surface area contributed by atoms with E-state index in [0.29, 0.717) is 44.5 Å². The van der Waals surface area contributed by atoms with Gasteiger partial charge < -0.3 is 25.0 Å². The van der Waals surface area contributed by atoms with E-state index in [1.165, 1.54) is 16.4 Å². The molecule has 0 saturated carbocycles. The van der Waals surface area contributed by atoms with Crippen molar-refractivity contribution in [2.24, 2.45) is 0 Å². The van der Waals surface area contributed by atoms with Crippen molar-refractivity contribution in [3.63, 3.8) is 0 Å². The maximum Gasteiger partial charge on any atom is 0.244 e. The van der Waals surface area contributed by atoms with Gasteiger partial charge in [0.15, 0.2) is 0 Å². The number of carbonyl (C=O) groups excluding carboxylic acids is 1. The molecular formula is C22H27N5O5S. The summed E-state index contributed by atoms with van der Waals surface area (Å²) in [6, 6.07) is 13.6. The lowest BCUT2D eigenvalue weighted by molar-refractivity contribution is -0.116. The van der Waals surface area contributed by atoms with Crippen LogP contribution >= 0.6 is 0 Å². The van der Waals surface area contributed by atoms with Gasteiger partial charge in [0.05, 0.1) is 35.2 Å². The van der Waals surface area contributed by atoms with Crippen molar-refractivity contribution in [2.45, 2.75) is 24.5 Å². The number of imidazole rings is 1. The Labute approximate surface area is 192 Å². The number of rotatable bonds is 8. The second kappa shape index (κ2) is 9.87. The fourth-order valence-corrected chi connectivity index (χ4v) is 5.01. The van der Waals surface area contributed by atoms with Crippen molar-refractivity contribution in [2.75, 3.05) is 43.5 Å². The number of para-hydroxylation sites is 2. The molecular weight excluding hydrogens is 446 g/mol. The molecule has 0 bridgehead atoms. The first-order valence-electron chi connectivity index (χ1n) is 10.7. The number of hydrogen-bond acceptors (Lipinski definition) is 7. The maximum atomic E-state index is 12.8. The highest BCUT2D eigenvalue weighted by atomic mass is 32.2. The van der Waals surface area contributed by atoms with Crippen LogP contribution in [0.2, 0.25) is 0 Å². The molecule has 1 atom stereocenters. The number of sulfonamides is 1. The number of aliphatic hydroxyl groups excluding tert-OH is 1. The molecule has 3 N–H and O–H groups in total. The van der Waals surface area contributed by atoms with Crippen LogP contribution in [0.3, 0.4) is 0 Å². The number of amides is 1. The number of hydrogen-bond donors (Lipinski definition) is 3. The molecule has 10 nitrogen and oxygen atoms in total. The van der Waals surface area contributed by atoms with Crippen LogP contribution in [0.15, 0.2) is 53.4 Å². The summed E-state index contributed by atoms with van der Waals surface area (Å²) in [6.45, 7) is 3.36. The minimum absolute atomic E-state index is 0.00349. The summed E-state index contributed by atoms with van der Waals surface area (Å²) >= 11 is 0. The molecule has 1 fully saturated rings. The molecule has 2 aromatic carbocycles. The average Bonchev–Trinajstić information content (AvgIpc) is 3.16. The van der Waals surface area contributed by atoms with E-state index < -0.39 is 16.1 Å². The third-order valence-electron chi connectivity index (χ3n) is 5.26. The van der Waals surface area contributed by atoms with Gasteiger partial charge in [-0.1, -0.05) is 12.1 Å². The van der Waals surface area contributed by atoms with Crippen LogP contribution in [-0.2, 0) is 26.1 Å². The number of morpholine rings is 1. The van der Waals surface area contributed by atoms with Gasteiger partial charge in [-0.05, 0) is 43.3 Å². The number of fused-ring (bicyclic) bond motifs is 1. The van der Waals surface area contributed by atoms with E-state index in [9.17, 15) is 18.3 Å². The summed E-state index contributed by atoms with van der Waals surface area (Å²) in [4.78, 5) is 17.4. The molecule has 1 unspecified atom stereocenters. The molecule has 0 radical (unpaired) electrons. The normalized spacial score (nSPS) is 15.9. The van der Waals surface area contributed by atoms with Gasteiger partial charge >= 0.3 is 0 Å². The fraction of sp³-hybridized carbons (Fsp3) is 0.364. The monoisotopic (exact) mass is 473 g/mol. The lowest BCUT2D eigenvalue weighted by atomic mass is 10.3. The first-order chi connectivity index (χ1) is 15.8. The molecule has 3 aromatic rings. The Morgan fingerprint density at radius 1 is 1.15 bits per heavy atom. The number of benzene rings is 2. The molecule has 4 rings (SSSR count). The average molecular weight is 474 g/mol. The van der Waals surface area contributed by atoms with E-state index in [-0.39, 0.29) is 17.3 Å². The lowest BCUT2D eigenvalue weighted by Gasteiger charge is -2.26. The van der Waals surface area contributed by atoms with Crippen molar-refractivity contribution in [3.8, 4) is 0 Å². The topological polar surface area (TPSA) is 126 Å². The summed E-state index contributed by atoms with van der Waals surface area (Å²) in [7, 11) is -3.59. The van der Waals surface area contributed by atoms with Gasteiger partial charge in [0.25, 0.3) is 0 Å². The van der Waals surface area contributed by atoms with E-state index in [2.05, 4.69) is 15.6 Å². The van der Waals surface area contributed by atoms with E-state index in [0.717, 1.165) is 11.0 Å². The number of anilines is 2. The molecule has 11 heteroatoms. The first kappa shape index (κ1) is 23.2. The highest BCUT2D eigenvalue weighted by molar-refractivity contribution is 7.89. The third kappa shape index (κ3) is 5.33. The van der Waals surface area contributed by atoms with Crippen molar-refractivity contribution in [3.05, 3.63) is 48.5 Å². The molecule has 0 spiro atoms. The Morgan fingerprint density at radius 2 is 1.85 bits per heavy atom. The smallest absolute Gasteiger partial charge is 0.244 e. The summed E-state index contributed by atoms with van der Waals surface area (Å²) in [5.41, 5.74) is 2.01. The summed E-state index contributed by atoms with van der Waals surface area (Å²) in [6.07, 6.45) is -0.570. The van der Waals surface area contributed by atoms with Gasteiger partial charge in [0.1, 0.15) is 6.54 Å². The number of nitrogens with one attached hydrogen (secondary N) is 2. The summed E-state index contributed by atoms with van der Waals surface area (Å²) < 4.78 is 33.9. The predicted octanol–water partition coefficient (Wildman–Crippen LogP) is 1.49. The predicted molar refractivity (Wildman–Crippen MR) is 125 cm³/mol. The highest BCUT2D eigenvalue weighted by Crippen LogP contribution is 2.21. The van der Waals surface area contributed by atoms with Crippen molar-refractivity contribution >= 4 is 38.6 Å². The molecule has 2 heterocycles. The van der Waals surface area contributed by atoms with Gasteiger partial charge in [0, 0.05) is 25.3 Å². The molecule has 1 amide bonds. The molecule has 0 aliphatic carbocycles. The zero-order valence-corrected chi connectivity index (χ0v) is 19.1. The third-order valence-corrected chi connectivity index (χ3v) is 7.17. The van der Waals surface area contributed by atoms with Gasteiger partial charge in [-0.2, -0.15) is 4.31 Å². The number of aromatic nitrogens is 2. The Balaban J connectivity index is 1.47. The van der Waals surface area contributed by atoms with Crippen LogP contribution in [0, 0.1) is 0 Å². The quantitative estimate of drug-likeness (QED) is 0.453. The second-order valence-electron chi connectivity index (χ2n) is 7.83. The minimum Gasteiger partial charge on any atom is -0.392 e. The molecule has 33 heavy (non-hydrogen) atoms. The van der Waals surface area contributed by atoms with Crippen LogP contribution < -0.4 is 10.6 Å². The standard InChI is InChI=1S/C22H27N5O5S/c1-16(28)14-23-22-25-19-4-2-3-5-20(19)27(22)15-21(29)24-17-6-8-18(9-7-17)33(30,31)26-10-12-32-13-11-26/h2-9,16,28H,10-15H2,1H3,(H,23,25)(H,24,29). The number of nitrogens with zero attached hydrogens (tertiary/aromatic N) is 3. The van der Waals surface area contributed by atoms with Crippen LogP contribution in [0.4, 0.5) is 11.6 Å². The van der Waals surface area contributed by atoms with E-state index in [4.69, 9.17) is 4.74 Å². The second-order valence-corrected chi connectivity index (χ2v) is 9.77. The van der Waals surface area contributed by atoms with E-state index in [1.807, 2.05) is 24.3 Å². The van der Waals surface area contributed by atoms with Crippen LogP contribution in [0.25, 0.3) is 11.0 Å². The van der Waals surface area contributed by atoms with Gasteiger partial charge in [-0.3, -0.25) is 4.79 Å². The Kier molecular flexibility index (Phi) is 6.94. The van der Waals surface area contributed by atoms with Crippen LogP contribution in [0.1, 0.15) is 6.92 Å². The fourth-order valence-electron chi connectivity index (χ4n) is 3.60. The number of ether oxygens (including phenoxy) is 1. The van der Waals surface area contributed by atoms with Gasteiger partial charge in [0.2, 0.25) is 21.9 Å². The van der Waals surface area contributed by atoms with Gasteiger partial charge in [-0.15, -0.1) is 0 Å².